The summed E-state index contributed by atoms with van der Waals surface area (Å²) in [4.78, 5) is 24.8. The fourth-order valence-electron chi connectivity index (χ4n) is 3.01. The number of aromatic nitrogens is 4. The number of hydrogen-bond donors (Lipinski definition) is 1. The van der Waals surface area contributed by atoms with Crippen molar-refractivity contribution in [3.05, 3.63) is 29.7 Å². The van der Waals surface area contributed by atoms with E-state index in [1.54, 1.807) is 6.92 Å². The van der Waals surface area contributed by atoms with Crippen molar-refractivity contribution >= 4 is 17.7 Å². The van der Waals surface area contributed by atoms with E-state index < -0.39 is 24.1 Å². The molecular weight excluding hydrogens is 355 g/mol. The first-order valence-corrected chi connectivity index (χ1v) is 7.87. The van der Waals surface area contributed by atoms with Crippen LogP contribution in [-0.2, 0) is 11.3 Å². The second kappa shape index (κ2) is 6.46. The maximum atomic E-state index is 13.2. The van der Waals surface area contributed by atoms with Crippen LogP contribution in [-0.4, -0.2) is 49.3 Å². The van der Waals surface area contributed by atoms with Gasteiger partial charge in [0.2, 0.25) is 5.91 Å². The molecule has 2 aromatic heterocycles. The molecule has 3 heterocycles. The molecule has 1 aliphatic heterocycles. The van der Waals surface area contributed by atoms with E-state index in [1.807, 2.05) is 0 Å². The van der Waals surface area contributed by atoms with Crippen molar-refractivity contribution in [2.45, 2.75) is 38.5 Å². The Morgan fingerprint density at radius 2 is 2.12 bits per heavy atom. The van der Waals surface area contributed by atoms with Crippen molar-refractivity contribution in [1.29, 1.82) is 0 Å². The number of carboxylic acid groups (broad SMARTS) is 1. The van der Waals surface area contributed by atoms with Gasteiger partial charge in [-0.2, -0.15) is 23.4 Å². The Morgan fingerprint density at radius 1 is 1.38 bits per heavy atom. The molecule has 2 aromatic rings. The van der Waals surface area contributed by atoms with E-state index in [2.05, 4.69) is 10.2 Å². The van der Waals surface area contributed by atoms with Gasteiger partial charge >= 0.3 is 12.1 Å². The minimum absolute atomic E-state index is 0.0137. The third-order valence-corrected chi connectivity index (χ3v) is 4.19. The van der Waals surface area contributed by atoms with Gasteiger partial charge in [-0.05, 0) is 19.4 Å². The smallest absolute Gasteiger partial charge is 0.410 e. The molecule has 1 unspecified atom stereocenters. The van der Waals surface area contributed by atoms with Crippen LogP contribution in [0.15, 0.2) is 18.3 Å². The van der Waals surface area contributed by atoms with E-state index in [0.29, 0.717) is 5.69 Å². The van der Waals surface area contributed by atoms with Gasteiger partial charge in [0, 0.05) is 25.2 Å². The van der Waals surface area contributed by atoms with Gasteiger partial charge in [0.05, 0.1) is 12.2 Å². The second-order valence-electron chi connectivity index (χ2n) is 5.97. The summed E-state index contributed by atoms with van der Waals surface area (Å²) in [5, 5.41) is 16.8. The normalized spacial score (nSPS) is 17.2. The quantitative estimate of drug-likeness (QED) is 0.888. The lowest BCUT2D eigenvalue weighted by Crippen LogP contribution is -2.43. The molecule has 0 spiro atoms. The molecule has 0 fully saturated rings. The van der Waals surface area contributed by atoms with Crippen LogP contribution in [0.3, 0.4) is 0 Å². The summed E-state index contributed by atoms with van der Waals surface area (Å²) < 4.78 is 41.6. The van der Waals surface area contributed by atoms with Crippen LogP contribution in [0.2, 0.25) is 0 Å². The van der Waals surface area contributed by atoms with Gasteiger partial charge < -0.3 is 5.11 Å². The Kier molecular flexibility index (Phi) is 4.46. The molecular formula is C15H16F3N5O3. The monoisotopic (exact) mass is 371 g/mol. The third-order valence-electron chi connectivity index (χ3n) is 4.19. The first kappa shape index (κ1) is 18.0. The number of carbonyl (C=O) groups excluding carboxylic acids is 1. The number of aromatic carboxylic acids is 1. The standard InChI is InChI=1S/C15H16F3N5O3/c1-9-8-12-21(6-3-11(15(16,17)18)23(12)20-9)13(24)4-7-22-10(14(25)26)2-5-19-22/h2,5,8,11H,3-4,6-7H2,1H3,(H,25,26). The van der Waals surface area contributed by atoms with Gasteiger partial charge in [-0.3, -0.25) is 14.4 Å². The molecule has 26 heavy (non-hydrogen) atoms. The maximum Gasteiger partial charge on any atom is 0.410 e. The van der Waals surface area contributed by atoms with Crippen molar-refractivity contribution in [3.8, 4) is 0 Å². The summed E-state index contributed by atoms with van der Waals surface area (Å²) in [6.45, 7) is 1.49. The van der Waals surface area contributed by atoms with Crippen LogP contribution in [0.4, 0.5) is 19.0 Å². The van der Waals surface area contributed by atoms with Gasteiger partial charge in [0.1, 0.15) is 11.5 Å². The lowest BCUT2D eigenvalue weighted by Gasteiger charge is -2.33. The summed E-state index contributed by atoms with van der Waals surface area (Å²) in [7, 11) is 0. The SMILES string of the molecule is Cc1cc2n(n1)C(C(F)(F)F)CCN2C(=O)CCn1nccc1C(=O)O. The van der Waals surface area contributed by atoms with Crippen molar-refractivity contribution in [2.24, 2.45) is 0 Å². The maximum absolute atomic E-state index is 13.2. The molecule has 0 saturated carbocycles. The molecule has 0 saturated heterocycles. The Labute approximate surface area is 145 Å². The largest absolute Gasteiger partial charge is 0.477 e. The van der Waals surface area contributed by atoms with Crippen molar-refractivity contribution in [2.75, 3.05) is 11.4 Å². The first-order valence-electron chi connectivity index (χ1n) is 7.87. The highest BCUT2D eigenvalue weighted by Crippen LogP contribution is 2.39. The number of nitrogens with zero attached hydrogens (tertiary/aromatic N) is 5. The minimum Gasteiger partial charge on any atom is -0.477 e. The molecule has 8 nitrogen and oxygen atoms in total. The van der Waals surface area contributed by atoms with E-state index in [1.165, 1.54) is 27.9 Å². The van der Waals surface area contributed by atoms with Crippen LogP contribution >= 0.6 is 0 Å². The number of anilines is 1. The molecule has 0 aliphatic carbocycles. The number of rotatable bonds is 4. The summed E-state index contributed by atoms with van der Waals surface area (Å²) >= 11 is 0. The van der Waals surface area contributed by atoms with Gasteiger partial charge in [-0.25, -0.2) is 9.48 Å². The number of halogens is 3. The van der Waals surface area contributed by atoms with Crippen LogP contribution in [0.5, 0.6) is 0 Å². The summed E-state index contributed by atoms with van der Waals surface area (Å²) in [5.41, 5.74) is 0.323. The van der Waals surface area contributed by atoms with Crippen LogP contribution < -0.4 is 4.90 Å². The Hall–Kier alpha value is -2.85. The molecule has 140 valence electrons. The molecule has 1 aliphatic rings. The molecule has 1 N–H and O–H groups in total. The Morgan fingerprint density at radius 3 is 2.77 bits per heavy atom. The summed E-state index contributed by atoms with van der Waals surface area (Å²) in [6.07, 6.45) is -3.52. The van der Waals surface area contributed by atoms with Gasteiger partial charge in [-0.15, -0.1) is 0 Å². The predicted octanol–water partition coefficient (Wildman–Crippen LogP) is 2.02. The molecule has 0 aromatic carbocycles. The molecule has 11 heteroatoms. The molecule has 3 rings (SSSR count). The number of fused-ring (bicyclic) bond motifs is 1. The van der Waals surface area contributed by atoms with Crippen LogP contribution in [0.1, 0.15) is 35.1 Å². The fourth-order valence-corrected chi connectivity index (χ4v) is 3.01. The van der Waals surface area contributed by atoms with Crippen molar-refractivity contribution < 1.29 is 27.9 Å². The predicted molar refractivity (Wildman–Crippen MR) is 82.8 cm³/mol. The third kappa shape index (κ3) is 3.28. The Balaban J connectivity index is 1.77. The number of hydrogen-bond acceptors (Lipinski definition) is 4. The number of amides is 1. The van der Waals surface area contributed by atoms with Crippen molar-refractivity contribution in [3.63, 3.8) is 0 Å². The number of carboxylic acids is 1. The number of alkyl halides is 3. The Bertz CT molecular complexity index is 842. The van der Waals surface area contributed by atoms with E-state index in [-0.39, 0.29) is 37.4 Å². The summed E-state index contributed by atoms with van der Waals surface area (Å²) in [6, 6.07) is 0.979. The van der Waals surface area contributed by atoms with E-state index in [9.17, 15) is 22.8 Å². The van der Waals surface area contributed by atoms with E-state index >= 15 is 0 Å². The van der Waals surface area contributed by atoms with E-state index in [4.69, 9.17) is 5.11 Å². The average Bonchev–Trinajstić information content (AvgIpc) is 3.15. The zero-order valence-corrected chi connectivity index (χ0v) is 13.8. The van der Waals surface area contributed by atoms with E-state index in [0.717, 1.165) is 4.68 Å². The molecule has 0 bridgehead atoms. The zero-order chi connectivity index (χ0) is 19.1. The molecule has 1 amide bonds. The topological polar surface area (TPSA) is 93.3 Å². The van der Waals surface area contributed by atoms with Gasteiger partial charge in [0.15, 0.2) is 6.04 Å². The number of carbonyl (C=O) groups is 2. The van der Waals surface area contributed by atoms with Gasteiger partial charge in [-0.1, -0.05) is 0 Å². The highest BCUT2D eigenvalue weighted by Gasteiger charge is 2.46. The lowest BCUT2D eigenvalue weighted by atomic mass is 10.1. The lowest BCUT2D eigenvalue weighted by molar-refractivity contribution is -0.173. The fraction of sp³-hybridized carbons (Fsp3) is 0.467. The molecule has 1 atom stereocenters. The van der Waals surface area contributed by atoms with Crippen LogP contribution in [0, 0.1) is 6.92 Å². The first-order chi connectivity index (χ1) is 12.2. The molecule has 0 radical (unpaired) electrons. The average molecular weight is 371 g/mol. The zero-order valence-electron chi connectivity index (χ0n) is 13.8. The highest BCUT2D eigenvalue weighted by atomic mass is 19.4. The van der Waals surface area contributed by atoms with Gasteiger partial charge in [0.25, 0.3) is 0 Å². The summed E-state index contributed by atoms with van der Waals surface area (Å²) in [5.74, 6) is -1.49. The highest BCUT2D eigenvalue weighted by molar-refractivity contribution is 5.93. The minimum atomic E-state index is -4.45. The van der Waals surface area contributed by atoms with Crippen LogP contribution in [0.25, 0.3) is 0 Å². The second-order valence-corrected chi connectivity index (χ2v) is 5.97. The van der Waals surface area contributed by atoms with Crippen molar-refractivity contribution in [1.82, 2.24) is 19.6 Å². The number of aryl methyl sites for hydroxylation is 2.